The number of nitrogens with zero attached hydrogens (tertiary/aromatic N) is 2. The van der Waals surface area contributed by atoms with Crippen LogP contribution in [0.4, 0.5) is 5.82 Å². The summed E-state index contributed by atoms with van der Waals surface area (Å²) in [5, 5.41) is 4.65. The third-order valence-corrected chi connectivity index (χ3v) is 3.59. The van der Waals surface area contributed by atoms with Gasteiger partial charge in [-0.2, -0.15) is 5.10 Å². The van der Waals surface area contributed by atoms with Crippen LogP contribution in [0, 0.1) is 5.41 Å². The van der Waals surface area contributed by atoms with Gasteiger partial charge in [0.15, 0.2) is 0 Å². The van der Waals surface area contributed by atoms with Crippen molar-refractivity contribution in [3.8, 4) is 0 Å². The summed E-state index contributed by atoms with van der Waals surface area (Å²) in [5.41, 5.74) is 9.13. The van der Waals surface area contributed by atoms with Crippen molar-refractivity contribution >= 4 is 5.82 Å². The average molecular weight is 221 g/mol. The molecule has 1 aromatic rings. The normalized spacial score (nSPS) is 18.4. The molecule has 1 heterocycles. The molecular formula is C13H23N3. The van der Waals surface area contributed by atoms with E-state index in [9.17, 15) is 0 Å². The zero-order valence-corrected chi connectivity index (χ0v) is 10.7. The molecule has 0 saturated heterocycles. The molecule has 0 fully saturated rings. The van der Waals surface area contributed by atoms with E-state index in [1.165, 1.54) is 24.1 Å². The Kier molecular flexibility index (Phi) is 2.96. The van der Waals surface area contributed by atoms with E-state index < -0.39 is 0 Å². The predicted octanol–water partition coefficient (Wildman–Crippen LogP) is 2.78. The maximum atomic E-state index is 6.19. The summed E-state index contributed by atoms with van der Waals surface area (Å²) in [6.45, 7) is 7.80. The highest BCUT2D eigenvalue weighted by Crippen LogP contribution is 2.36. The van der Waals surface area contributed by atoms with Crippen molar-refractivity contribution in [2.24, 2.45) is 5.41 Å². The van der Waals surface area contributed by atoms with Crippen LogP contribution in [0.15, 0.2) is 0 Å². The quantitative estimate of drug-likeness (QED) is 0.853. The average Bonchev–Trinajstić information content (AvgIpc) is 2.52. The van der Waals surface area contributed by atoms with Crippen LogP contribution in [0.2, 0.25) is 0 Å². The van der Waals surface area contributed by atoms with Crippen molar-refractivity contribution in [2.75, 3.05) is 5.73 Å². The first-order valence-corrected chi connectivity index (χ1v) is 6.37. The first-order valence-electron chi connectivity index (χ1n) is 6.37. The Balaban J connectivity index is 2.24. The molecule has 0 radical (unpaired) electrons. The first kappa shape index (κ1) is 11.5. The number of hydrogen-bond acceptors (Lipinski definition) is 2. The van der Waals surface area contributed by atoms with Crippen LogP contribution in [0.1, 0.15) is 51.3 Å². The second-order valence-corrected chi connectivity index (χ2v) is 5.73. The molecule has 0 bridgehead atoms. The van der Waals surface area contributed by atoms with Crippen LogP contribution in [-0.4, -0.2) is 9.78 Å². The van der Waals surface area contributed by atoms with E-state index in [2.05, 4.69) is 25.9 Å². The van der Waals surface area contributed by atoms with E-state index in [-0.39, 0.29) is 0 Å². The summed E-state index contributed by atoms with van der Waals surface area (Å²) >= 11 is 0. The van der Waals surface area contributed by atoms with E-state index in [1.54, 1.807) is 0 Å². The predicted molar refractivity (Wildman–Crippen MR) is 67.4 cm³/mol. The monoisotopic (exact) mass is 221 g/mol. The Morgan fingerprint density at radius 2 is 2.19 bits per heavy atom. The number of aromatic nitrogens is 2. The molecule has 0 atom stereocenters. The summed E-state index contributed by atoms with van der Waals surface area (Å²) in [5.74, 6) is 0.913. The van der Waals surface area contributed by atoms with Crippen LogP contribution in [-0.2, 0) is 19.4 Å². The second-order valence-electron chi connectivity index (χ2n) is 5.73. The molecule has 1 aromatic heterocycles. The van der Waals surface area contributed by atoms with Crippen molar-refractivity contribution in [1.29, 1.82) is 0 Å². The van der Waals surface area contributed by atoms with Crippen molar-refractivity contribution in [3.63, 3.8) is 0 Å². The molecule has 1 aliphatic carbocycles. The van der Waals surface area contributed by atoms with Crippen molar-refractivity contribution in [3.05, 3.63) is 11.3 Å². The van der Waals surface area contributed by atoms with Gasteiger partial charge in [0, 0.05) is 12.1 Å². The van der Waals surface area contributed by atoms with Gasteiger partial charge in [-0.05, 0) is 31.1 Å². The Morgan fingerprint density at radius 3 is 2.88 bits per heavy atom. The second kappa shape index (κ2) is 4.11. The maximum Gasteiger partial charge on any atom is 0.125 e. The van der Waals surface area contributed by atoms with Crippen LogP contribution >= 0.6 is 0 Å². The minimum absolute atomic E-state index is 0.389. The summed E-state index contributed by atoms with van der Waals surface area (Å²) < 4.78 is 2.01. The molecule has 16 heavy (non-hydrogen) atoms. The molecular weight excluding hydrogens is 198 g/mol. The maximum absolute atomic E-state index is 6.19. The topological polar surface area (TPSA) is 43.8 Å². The van der Waals surface area contributed by atoms with Gasteiger partial charge < -0.3 is 5.73 Å². The lowest BCUT2D eigenvalue weighted by Gasteiger charge is -2.28. The number of aryl methyl sites for hydroxylation is 2. The summed E-state index contributed by atoms with van der Waals surface area (Å²) in [7, 11) is 0. The number of nitrogens with two attached hydrogens (primary N) is 1. The number of hydrogen-bond donors (Lipinski definition) is 1. The number of anilines is 1. The van der Waals surface area contributed by atoms with Crippen molar-refractivity contribution in [1.82, 2.24) is 9.78 Å². The van der Waals surface area contributed by atoms with Gasteiger partial charge in [-0.25, -0.2) is 4.68 Å². The molecule has 0 unspecified atom stereocenters. The van der Waals surface area contributed by atoms with Gasteiger partial charge in [0.05, 0.1) is 5.69 Å². The molecule has 0 spiro atoms. The highest BCUT2D eigenvalue weighted by molar-refractivity contribution is 5.45. The number of nitrogen functional groups attached to an aromatic ring is 1. The third-order valence-electron chi connectivity index (χ3n) is 3.59. The molecule has 0 aliphatic heterocycles. The van der Waals surface area contributed by atoms with Gasteiger partial charge in [0.1, 0.15) is 5.82 Å². The molecule has 2 rings (SSSR count). The largest absolute Gasteiger partial charge is 0.384 e. The van der Waals surface area contributed by atoms with Gasteiger partial charge in [-0.15, -0.1) is 0 Å². The van der Waals surface area contributed by atoms with Crippen molar-refractivity contribution in [2.45, 2.75) is 59.4 Å². The fourth-order valence-electron chi connectivity index (χ4n) is 2.46. The Morgan fingerprint density at radius 1 is 1.44 bits per heavy atom. The summed E-state index contributed by atoms with van der Waals surface area (Å²) in [6.07, 6.45) is 5.75. The zero-order valence-electron chi connectivity index (χ0n) is 10.7. The highest BCUT2D eigenvalue weighted by atomic mass is 15.3. The smallest absolute Gasteiger partial charge is 0.125 e. The highest BCUT2D eigenvalue weighted by Gasteiger charge is 2.29. The van der Waals surface area contributed by atoms with Crippen LogP contribution in [0.25, 0.3) is 0 Å². The van der Waals surface area contributed by atoms with Crippen LogP contribution < -0.4 is 5.73 Å². The van der Waals surface area contributed by atoms with Crippen molar-refractivity contribution < 1.29 is 0 Å². The molecule has 0 saturated carbocycles. The zero-order chi connectivity index (χ0) is 11.8. The molecule has 0 aromatic carbocycles. The van der Waals surface area contributed by atoms with E-state index in [0.29, 0.717) is 5.41 Å². The third kappa shape index (κ3) is 2.08. The molecule has 90 valence electrons. The summed E-state index contributed by atoms with van der Waals surface area (Å²) in [4.78, 5) is 0. The van der Waals surface area contributed by atoms with Crippen LogP contribution in [0.5, 0.6) is 0 Å². The number of fused-ring (bicyclic) bond motifs is 1. The standard InChI is InChI=1S/C13H23N3/c1-4-5-8-16-12(14)10-9-13(2,3)7-6-11(10)15-16/h4-9,14H2,1-3H3. The molecule has 2 N–H and O–H groups in total. The van der Waals surface area contributed by atoms with E-state index in [4.69, 9.17) is 5.73 Å². The van der Waals surface area contributed by atoms with Gasteiger partial charge in [-0.1, -0.05) is 27.2 Å². The number of rotatable bonds is 3. The summed E-state index contributed by atoms with van der Waals surface area (Å²) in [6, 6.07) is 0. The fraction of sp³-hybridized carbons (Fsp3) is 0.769. The van der Waals surface area contributed by atoms with Gasteiger partial charge >= 0.3 is 0 Å². The Labute approximate surface area is 98.0 Å². The van der Waals surface area contributed by atoms with Gasteiger partial charge in [0.25, 0.3) is 0 Å². The van der Waals surface area contributed by atoms with Gasteiger partial charge in [-0.3, -0.25) is 0 Å². The minimum atomic E-state index is 0.389. The van der Waals surface area contributed by atoms with Crippen LogP contribution in [0.3, 0.4) is 0 Å². The SMILES string of the molecule is CCCCn1nc2c(c1N)CC(C)(C)CC2. The first-order chi connectivity index (χ1) is 7.53. The Bertz CT molecular complexity index is 377. The molecule has 1 aliphatic rings. The van der Waals surface area contributed by atoms with Gasteiger partial charge in [0.2, 0.25) is 0 Å². The lowest BCUT2D eigenvalue weighted by atomic mass is 9.76. The van der Waals surface area contributed by atoms with E-state index >= 15 is 0 Å². The lowest BCUT2D eigenvalue weighted by Crippen LogP contribution is -2.22. The fourth-order valence-corrected chi connectivity index (χ4v) is 2.46. The molecule has 3 heteroatoms. The lowest BCUT2D eigenvalue weighted by molar-refractivity contribution is 0.314. The number of unbranched alkanes of at least 4 members (excludes halogenated alkanes) is 1. The molecule has 3 nitrogen and oxygen atoms in total. The molecule has 0 amide bonds. The van der Waals surface area contributed by atoms with E-state index in [0.717, 1.165) is 31.6 Å². The Hall–Kier alpha value is -0.990. The van der Waals surface area contributed by atoms with E-state index in [1.807, 2.05) is 4.68 Å². The minimum Gasteiger partial charge on any atom is -0.384 e.